The number of amides is 1. The first-order chi connectivity index (χ1) is 22.4. The predicted molar refractivity (Wildman–Crippen MR) is 189 cm³/mol. The molecule has 1 aromatic heterocycles. The van der Waals surface area contributed by atoms with E-state index in [-0.39, 0.29) is 30.4 Å². The zero-order valence-corrected chi connectivity index (χ0v) is 30.0. The van der Waals surface area contributed by atoms with Crippen molar-refractivity contribution >= 4 is 49.5 Å². The number of likely N-dealkylation sites (N-methyl/N-ethyl adjacent to an activating group) is 1. The Bertz CT molecular complexity index is 1770. The number of nitrogens with zero attached hydrogens (tertiary/aromatic N) is 4. The van der Waals surface area contributed by atoms with Crippen LogP contribution in [-0.4, -0.2) is 72.6 Å². The molecule has 10 heteroatoms. The number of likely N-dealkylation sites (tertiary alicyclic amines) is 1. The van der Waals surface area contributed by atoms with Crippen LogP contribution in [0.4, 0.5) is 10.6 Å². The van der Waals surface area contributed by atoms with E-state index in [4.69, 9.17) is 28.9 Å². The van der Waals surface area contributed by atoms with Crippen molar-refractivity contribution in [2.24, 2.45) is 0 Å². The summed E-state index contributed by atoms with van der Waals surface area (Å²) in [6.45, 7) is 11.1. The minimum Gasteiger partial charge on any atom is -0.483 e. The molecule has 1 saturated heterocycles. The number of aromatic nitrogens is 2. The van der Waals surface area contributed by atoms with Crippen LogP contribution in [0.5, 0.6) is 11.8 Å². The number of carbonyl (C=O) groups is 1. The van der Waals surface area contributed by atoms with E-state index in [9.17, 15) is 4.79 Å². The minimum atomic E-state index is -0.554. The topological polar surface area (TPSA) is 86.3 Å². The fourth-order valence-electron chi connectivity index (χ4n) is 6.16. The number of carbonyl (C=O) groups excluding carboxylic acids is 1. The zero-order valence-electron chi connectivity index (χ0n) is 28.4. The van der Waals surface area contributed by atoms with Gasteiger partial charge in [-0.3, -0.25) is 0 Å². The van der Waals surface area contributed by atoms with Gasteiger partial charge < -0.3 is 28.7 Å². The lowest BCUT2D eigenvalue weighted by Gasteiger charge is -2.29. The van der Waals surface area contributed by atoms with Crippen LogP contribution in [0.25, 0.3) is 21.7 Å². The second kappa shape index (κ2) is 13.5. The van der Waals surface area contributed by atoms with Crippen molar-refractivity contribution in [2.45, 2.75) is 83.6 Å². The molecule has 250 valence electrons. The van der Waals surface area contributed by atoms with E-state index in [1.165, 1.54) is 10.9 Å². The molecule has 2 fully saturated rings. The van der Waals surface area contributed by atoms with Crippen LogP contribution in [0.15, 0.2) is 53.0 Å². The maximum atomic E-state index is 12.9. The Morgan fingerprint density at radius 3 is 2.53 bits per heavy atom. The Balaban J connectivity index is 1.43. The smallest absolute Gasteiger partial charge is 0.410 e. The largest absolute Gasteiger partial charge is 0.483 e. The van der Waals surface area contributed by atoms with Gasteiger partial charge in [-0.25, -0.2) is 4.79 Å². The third kappa shape index (κ3) is 7.28. The van der Waals surface area contributed by atoms with E-state index < -0.39 is 5.60 Å². The van der Waals surface area contributed by atoms with E-state index in [0.29, 0.717) is 36.9 Å². The van der Waals surface area contributed by atoms with Gasteiger partial charge in [0.25, 0.3) is 0 Å². The summed E-state index contributed by atoms with van der Waals surface area (Å²) in [6.07, 6.45) is 2.33. The summed E-state index contributed by atoms with van der Waals surface area (Å²) < 4.78 is 25.1. The molecule has 1 saturated carbocycles. The van der Waals surface area contributed by atoms with Crippen molar-refractivity contribution in [1.82, 2.24) is 14.9 Å². The molecule has 0 unspecified atom stereocenters. The van der Waals surface area contributed by atoms with Gasteiger partial charge in [0.05, 0.1) is 10.6 Å². The number of halogens is 1. The summed E-state index contributed by atoms with van der Waals surface area (Å²) in [4.78, 5) is 26.8. The fraction of sp³-hybridized carbons (Fsp3) is 0.486. The highest BCUT2D eigenvalue weighted by atomic mass is 79.9. The highest BCUT2D eigenvalue weighted by Crippen LogP contribution is 2.50. The molecule has 0 spiro atoms. The van der Waals surface area contributed by atoms with Crippen LogP contribution in [0.1, 0.15) is 77.0 Å². The van der Waals surface area contributed by atoms with Gasteiger partial charge in [-0.2, -0.15) is 9.97 Å². The number of ether oxygens (including phenoxy) is 4. The number of hydrogen-bond donors (Lipinski definition) is 0. The van der Waals surface area contributed by atoms with Crippen molar-refractivity contribution in [1.29, 1.82) is 0 Å². The molecule has 1 aliphatic heterocycles. The average Bonchev–Trinajstić information content (AvgIpc) is 3.77. The Hall–Kier alpha value is -3.63. The predicted octanol–water partition coefficient (Wildman–Crippen LogP) is 8.42. The average molecular weight is 706 g/mol. The second-order valence-electron chi connectivity index (χ2n) is 13.8. The zero-order chi connectivity index (χ0) is 33.5. The molecule has 3 aromatic carbocycles. The van der Waals surface area contributed by atoms with Crippen LogP contribution < -0.4 is 14.4 Å². The molecule has 9 nitrogen and oxygen atoms in total. The molecular weight excluding hydrogens is 660 g/mol. The number of methoxy groups -OCH3 is 1. The quantitative estimate of drug-likeness (QED) is 0.163. The molecule has 47 heavy (non-hydrogen) atoms. The van der Waals surface area contributed by atoms with Crippen LogP contribution in [-0.2, 0) is 9.47 Å². The van der Waals surface area contributed by atoms with E-state index in [1.807, 2.05) is 34.7 Å². The third-order valence-electron chi connectivity index (χ3n) is 8.99. The molecule has 2 heterocycles. The molecule has 0 N–H and O–H groups in total. The van der Waals surface area contributed by atoms with E-state index in [0.717, 1.165) is 45.9 Å². The van der Waals surface area contributed by atoms with E-state index in [2.05, 4.69) is 76.3 Å². The van der Waals surface area contributed by atoms with Gasteiger partial charge in [-0.15, -0.1) is 0 Å². The van der Waals surface area contributed by atoms with Gasteiger partial charge in [-0.05, 0) is 104 Å². The van der Waals surface area contributed by atoms with Crippen molar-refractivity contribution in [3.8, 4) is 11.8 Å². The summed E-state index contributed by atoms with van der Waals surface area (Å²) in [5, 5.41) is 3.22. The first-order valence-corrected chi connectivity index (χ1v) is 17.3. The van der Waals surface area contributed by atoms with Gasteiger partial charge in [-0.1, -0.05) is 42.5 Å². The molecule has 6 rings (SSSR count). The van der Waals surface area contributed by atoms with Crippen LogP contribution in [0.2, 0.25) is 0 Å². The maximum Gasteiger partial charge on any atom is 0.410 e. The van der Waals surface area contributed by atoms with Gasteiger partial charge >= 0.3 is 12.1 Å². The molecule has 1 amide bonds. The van der Waals surface area contributed by atoms with Crippen molar-refractivity contribution in [3.05, 3.63) is 64.1 Å². The first kappa shape index (κ1) is 33.3. The molecule has 3 atom stereocenters. The standard InChI is InChI=1S/C37H45BrN4O5/c1-22(44-7)21-45-35-39-32-30(34(40-35)41(6)26-17-18-42(20-26)36(43)47-37(3,4)5)19-29(25-15-16-25)31(38)33(32)46-23(2)27-14-10-12-24-11-8-9-13-28(24)27/h8-14,19,22-23,25-26H,15-18,20-21H2,1-7H3/t22-,23-,26-/m0/s1. The first-order valence-electron chi connectivity index (χ1n) is 16.5. The summed E-state index contributed by atoms with van der Waals surface area (Å²) >= 11 is 3.95. The SMILES string of the molecule is CO[C@@H](C)COc1nc(N(C)[C@H]2CCN(C(=O)OC(C)(C)C)C2)c2cc(C3CC3)c(Br)c(O[C@@H](C)c3cccc4ccccc34)c2n1. The lowest BCUT2D eigenvalue weighted by molar-refractivity contribution is 0.0292. The Morgan fingerprint density at radius 2 is 1.81 bits per heavy atom. The number of rotatable bonds is 10. The lowest BCUT2D eigenvalue weighted by Crippen LogP contribution is -2.39. The maximum absolute atomic E-state index is 12.9. The normalized spacial score (nSPS) is 18.0. The molecule has 0 radical (unpaired) electrons. The summed E-state index contributed by atoms with van der Waals surface area (Å²) in [7, 11) is 3.69. The third-order valence-corrected chi connectivity index (χ3v) is 9.81. The summed E-state index contributed by atoms with van der Waals surface area (Å²) in [5.74, 6) is 1.85. The van der Waals surface area contributed by atoms with Gasteiger partial charge in [0.2, 0.25) is 0 Å². The number of anilines is 1. The van der Waals surface area contributed by atoms with Gasteiger partial charge in [0, 0.05) is 38.7 Å². The Morgan fingerprint density at radius 1 is 1.06 bits per heavy atom. The molecule has 0 bridgehead atoms. The molecule has 1 aliphatic carbocycles. The number of hydrogen-bond acceptors (Lipinski definition) is 8. The fourth-order valence-corrected chi connectivity index (χ4v) is 6.88. The minimum absolute atomic E-state index is 0.0263. The second-order valence-corrected chi connectivity index (χ2v) is 14.6. The molecule has 2 aliphatic rings. The lowest BCUT2D eigenvalue weighted by atomic mass is 10.0. The highest BCUT2D eigenvalue weighted by molar-refractivity contribution is 9.10. The van der Waals surface area contributed by atoms with Crippen LogP contribution >= 0.6 is 15.9 Å². The van der Waals surface area contributed by atoms with Crippen molar-refractivity contribution < 1.29 is 23.7 Å². The summed E-state index contributed by atoms with van der Waals surface area (Å²) in [6, 6.07) is 17.2. The van der Waals surface area contributed by atoms with Crippen molar-refractivity contribution in [2.75, 3.05) is 38.8 Å². The monoisotopic (exact) mass is 704 g/mol. The highest BCUT2D eigenvalue weighted by Gasteiger charge is 2.35. The van der Waals surface area contributed by atoms with Crippen molar-refractivity contribution in [3.63, 3.8) is 0 Å². The van der Waals surface area contributed by atoms with Gasteiger partial charge in [0.15, 0.2) is 5.75 Å². The summed E-state index contributed by atoms with van der Waals surface area (Å²) in [5.41, 5.74) is 2.42. The van der Waals surface area contributed by atoms with E-state index in [1.54, 1.807) is 12.0 Å². The van der Waals surface area contributed by atoms with Crippen LogP contribution in [0, 0.1) is 0 Å². The van der Waals surface area contributed by atoms with E-state index >= 15 is 0 Å². The Kier molecular flexibility index (Phi) is 9.54. The van der Waals surface area contributed by atoms with Crippen LogP contribution in [0.3, 0.4) is 0 Å². The number of fused-ring (bicyclic) bond motifs is 2. The number of benzene rings is 3. The van der Waals surface area contributed by atoms with Gasteiger partial charge in [0.1, 0.15) is 29.6 Å². The molecule has 4 aromatic rings. The molecular formula is C37H45BrN4O5. The Labute approximate surface area is 285 Å².